The summed E-state index contributed by atoms with van der Waals surface area (Å²) in [4.78, 5) is 34.4. The van der Waals surface area contributed by atoms with Gasteiger partial charge in [-0.3, -0.25) is 14.4 Å². The maximum Gasteiger partial charge on any atom is 0.293 e. The van der Waals surface area contributed by atoms with Crippen LogP contribution in [0.2, 0.25) is 0 Å². The molecular weight excluding hydrogens is 310 g/mol. The number of ether oxygens (including phenoxy) is 1. The number of likely N-dealkylation sites (N-methyl/N-ethyl adjacent to an activating group) is 1. The minimum atomic E-state index is -0.662. The van der Waals surface area contributed by atoms with Crippen molar-refractivity contribution in [3.8, 4) is 0 Å². The Kier molecular flexibility index (Phi) is 7.91. The summed E-state index contributed by atoms with van der Waals surface area (Å²) in [7, 11) is 1.71. The molecule has 24 heavy (non-hydrogen) atoms. The number of carbonyl (C=O) groups excluding carboxylic acids is 3. The van der Waals surface area contributed by atoms with E-state index in [1.807, 2.05) is 13.8 Å². The Balaban J connectivity index is 2.57. The normalized spacial score (nSPS) is 13.0. The summed E-state index contributed by atoms with van der Waals surface area (Å²) in [5.74, 6) is -0.401. The molecule has 0 heterocycles. The maximum absolute atomic E-state index is 12.2. The Bertz CT molecular complexity index is 557. The molecule has 0 saturated heterocycles. The average molecular weight is 335 g/mol. The van der Waals surface area contributed by atoms with Gasteiger partial charge in [-0.25, -0.2) is 0 Å². The summed E-state index contributed by atoms with van der Waals surface area (Å²) in [5.41, 5.74) is 1.42. The van der Waals surface area contributed by atoms with Crippen molar-refractivity contribution in [3.05, 3.63) is 29.8 Å². The van der Waals surface area contributed by atoms with Gasteiger partial charge in [0.1, 0.15) is 12.6 Å². The van der Waals surface area contributed by atoms with E-state index in [1.54, 1.807) is 38.2 Å². The standard InChI is InChI=1S/C17H25N3O4/c1-11(2)15(18-4)17(23)19-12(3)16(22)20-14-7-5-13(6-8-14)9-24-10-21/h5-8,10-12,15,18H,9H2,1-4H3,(H,19,23)(H,20,22)/t12-,15?/m0/s1. The number of hydrogen-bond acceptors (Lipinski definition) is 5. The zero-order valence-corrected chi connectivity index (χ0v) is 14.5. The zero-order chi connectivity index (χ0) is 18.1. The smallest absolute Gasteiger partial charge is 0.293 e. The first-order chi connectivity index (χ1) is 11.4. The molecule has 0 aliphatic rings. The molecule has 0 spiro atoms. The molecule has 1 rings (SSSR count). The van der Waals surface area contributed by atoms with Crippen LogP contribution in [0, 0.1) is 5.92 Å². The molecule has 1 unspecified atom stereocenters. The highest BCUT2D eigenvalue weighted by atomic mass is 16.5. The summed E-state index contributed by atoms with van der Waals surface area (Å²) in [5, 5.41) is 8.37. The molecule has 0 aliphatic heterocycles. The topological polar surface area (TPSA) is 96.5 Å². The van der Waals surface area contributed by atoms with Crippen molar-refractivity contribution < 1.29 is 19.1 Å². The number of nitrogens with one attached hydrogen (secondary N) is 3. The molecule has 0 fully saturated rings. The lowest BCUT2D eigenvalue weighted by Gasteiger charge is -2.22. The van der Waals surface area contributed by atoms with Crippen LogP contribution in [0.15, 0.2) is 24.3 Å². The molecule has 0 radical (unpaired) electrons. The molecule has 1 aromatic carbocycles. The van der Waals surface area contributed by atoms with Crippen molar-refractivity contribution in [3.63, 3.8) is 0 Å². The molecule has 132 valence electrons. The summed E-state index contributed by atoms with van der Waals surface area (Å²) in [6, 6.07) is 5.90. The Morgan fingerprint density at radius 3 is 2.25 bits per heavy atom. The summed E-state index contributed by atoms with van der Waals surface area (Å²) < 4.78 is 4.65. The second-order valence-corrected chi connectivity index (χ2v) is 5.83. The fraction of sp³-hybridized carbons (Fsp3) is 0.471. The summed E-state index contributed by atoms with van der Waals surface area (Å²) in [6.07, 6.45) is 0. The fourth-order valence-electron chi connectivity index (χ4n) is 2.20. The second kappa shape index (κ2) is 9.67. The number of benzene rings is 1. The van der Waals surface area contributed by atoms with Gasteiger partial charge in [-0.15, -0.1) is 0 Å². The summed E-state index contributed by atoms with van der Waals surface area (Å²) in [6.45, 7) is 6.07. The van der Waals surface area contributed by atoms with Gasteiger partial charge in [0.25, 0.3) is 6.47 Å². The van der Waals surface area contributed by atoms with Crippen LogP contribution < -0.4 is 16.0 Å². The number of amides is 2. The third-order valence-electron chi connectivity index (χ3n) is 3.55. The van der Waals surface area contributed by atoms with Gasteiger partial charge in [0.05, 0.1) is 6.04 Å². The maximum atomic E-state index is 12.2. The minimum absolute atomic E-state index is 0.117. The molecule has 0 aromatic heterocycles. The highest BCUT2D eigenvalue weighted by molar-refractivity contribution is 5.97. The van der Waals surface area contributed by atoms with Gasteiger partial charge in [-0.2, -0.15) is 0 Å². The molecule has 2 atom stereocenters. The van der Waals surface area contributed by atoms with Gasteiger partial charge in [-0.05, 0) is 37.6 Å². The molecule has 0 aliphatic carbocycles. The minimum Gasteiger partial charge on any atom is -0.463 e. The SMILES string of the molecule is CNC(C(=O)N[C@@H](C)C(=O)Nc1ccc(COC=O)cc1)C(C)C. The third-order valence-corrected chi connectivity index (χ3v) is 3.55. The monoisotopic (exact) mass is 335 g/mol. The van der Waals surface area contributed by atoms with Crippen LogP contribution in [0.25, 0.3) is 0 Å². The number of rotatable bonds is 9. The Morgan fingerprint density at radius 2 is 1.75 bits per heavy atom. The molecule has 2 amide bonds. The van der Waals surface area contributed by atoms with E-state index in [9.17, 15) is 14.4 Å². The Labute approximate surface area is 142 Å². The highest BCUT2D eigenvalue weighted by Crippen LogP contribution is 2.11. The third kappa shape index (κ3) is 6.00. The van der Waals surface area contributed by atoms with E-state index in [1.165, 1.54) is 0 Å². The van der Waals surface area contributed by atoms with E-state index in [0.29, 0.717) is 12.2 Å². The Morgan fingerprint density at radius 1 is 1.12 bits per heavy atom. The highest BCUT2D eigenvalue weighted by Gasteiger charge is 2.23. The molecule has 0 saturated carbocycles. The van der Waals surface area contributed by atoms with E-state index in [4.69, 9.17) is 0 Å². The first-order valence-corrected chi connectivity index (χ1v) is 7.81. The predicted molar refractivity (Wildman–Crippen MR) is 91.2 cm³/mol. The van der Waals surface area contributed by atoms with E-state index in [0.717, 1.165) is 5.56 Å². The number of anilines is 1. The van der Waals surface area contributed by atoms with Crippen LogP contribution in [0.4, 0.5) is 5.69 Å². The van der Waals surface area contributed by atoms with Crippen LogP contribution in [-0.4, -0.2) is 37.4 Å². The van der Waals surface area contributed by atoms with Gasteiger partial charge in [-0.1, -0.05) is 26.0 Å². The van der Waals surface area contributed by atoms with Gasteiger partial charge in [0.2, 0.25) is 11.8 Å². The molecule has 0 bridgehead atoms. The van der Waals surface area contributed by atoms with Crippen molar-refractivity contribution in [1.82, 2.24) is 10.6 Å². The van der Waals surface area contributed by atoms with Crippen LogP contribution in [0.5, 0.6) is 0 Å². The molecular formula is C17H25N3O4. The van der Waals surface area contributed by atoms with Crippen molar-refractivity contribution in [2.75, 3.05) is 12.4 Å². The zero-order valence-electron chi connectivity index (χ0n) is 14.5. The van der Waals surface area contributed by atoms with Gasteiger partial charge >= 0.3 is 0 Å². The van der Waals surface area contributed by atoms with Gasteiger partial charge < -0.3 is 20.7 Å². The average Bonchev–Trinajstić information content (AvgIpc) is 2.54. The van der Waals surface area contributed by atoms with Crippen molar-refractivity contribution in [2.45, 2.75) is 39.5 Å². The van der Waals surface area contributed by atoms with Crippen LogP contribution in [-0.2, 0) is 25.7 Å². The second-order valence-electron chi connectivity index (χ2n) is 5.83. The van der Waals surface area contributed by atoms with Crippen molar-refractivity contribution >= 4 is 24.0 Å². The lowest BCUT2D eigenvalue weighted by atomic mass is 10.0. The van der Waals surface area contributed by atoms with Crippen LogP contribution in [0.1, 0.15) is 26.3 Å². The van der Waals surface area contributed by atoms with Crippen molar-refractivity contribution in [2.24, 2.45) is 5.92 Å². The lowest BCUT2D eigenvalue weighted by molar-refractivity contribution is -0.129. The summed E-state index contributed by atoms with van der Waals surface area (Å²) >= 11 is 0. The quantitative estimate of drug-likeness (QED) is 0.586. The van der Waals surface area contributed by atoms with Crippen LogP contribution in [0.3, 0.4) is 0 Å². The molecule has 1 aromatic rings. The van der Waals surface area contributed by atoms with Gasteiger partial charge in [0.15, 0.2) is 0 Å². The van der Waals surface area contributed by atoms with E-state index < -0.39 is 6.04 Å². The fourth-order valence-corrected chi connectivity index (χ4v) is 2.20. The van der Waals surface area contributed by atoms with E-state index in [2.05, 4.69) is 20.7 Å². The number of carbonyl (C=O) groups is 3. The lowest BCUT2D eigenvalue weighted by Crippen LogP contribution is -2.51. The first kappa shape index (κ1) is 19.6. The number of hydrogen-bond donors (Lipinski definition) is 3. The van der Waals surface area contributed by atoms with Crippen LogP contribution >= 0.6 is 0 Å². The molecule has 3 N–H and O–H groups in total. The van der Waals surface area contributed by atoms with Crippen molar-refractivity contribution in [1.29, 1.82) is 0 Å². The molecule has 7 nitrogen and oxygen atoms in total. The van der Waals surface area contributed by atoms with E-state index >= 15 is 0 Å². The van der Waals surface area contributed by atoms with Gasteiger partial charge in [0, 0.05) is 5.69 Å². The predicted octanol–water partition coefficient (Wildman–Crippen LogP) is 1.05. The molecule has 7 heteroatoms. The Hall–Kier alpha value is -2.41. The first-order valence-electron chi connectivity index (χ1n) is 7.81. The van der Waals surface area contributed by atoms with E-state index in [-0.39, 0.29) is 30.4 Å². The largest absolute Gasteiger partial charge is 0.463 e.